The zero-order valence-corrected chi connectivity index (χ0v) is 11.7. The molecular formula is C18H15N2O. The molecule has 3 heteroatoms. The minimum atomic E-state index is 0.779. The van der Waals surface area contributed by atoms with E-state index in [4.69, 9.17) is 4.74 Å². The fourth-order valence-electron chi connectivity index (χ4n) is 2.16. The second-order valence-electron chi connectivity index (χ2n) is 4.53. The number of rotatable bonds is 4. The van der Waals surface area contributed by atoms with Crippen molar-refractivity contribution in [3.63, 3.8) is 0 Å². The maximum absolute atomic E-state index is 5.41. The van der Waals surface area contributed by atoms with E-state index in [0.29, 0.717) is 0 Å². The normalized spacial score (nSPS) is 10.1. The Labute approximate surface area is 124 Å². The van der Waals surface area contributed by atoms with Gasteiger partial charge in [-0.05, 0) is 29.8 Å². The van der Waals surface area contributed by atoms with Gasteiger partial charge in [-0.15, -0.1) is 0 Å². The van der Waals surface area contributed by atoms with Crippen molar-refractivity contribution < 1.29 is 4.74 Å². The van der Waals surface area contributed by atoms with Gasteiger partial charge in [0.15, 0.2) is 0 Å². The largest absolute Gasteiger partial charge is 0.496 e. The van der Waals surface area contributed by atoms with Crippen LogP contribution in [0.15, 0.2) is 66.9 Å². The molecule has 0 atom stereocenters. The fourth-order valence-corrected chi connectivity index (χ4v) is 2.16. The Bertz CT molecular complexity index is 726. The molecule has 0 spiro atoms. The summed E-state index contributed by atoms with van der Waals surface area (Å²) in [6.07, 6.45) is 1.78. The van der Waals surface area contributed by atoms with Crippen molar-refractivity contribution in [2.75, 3.05) is 12.4 Å². The van der Waals surface area contributed by atoms with Gasteiger partial charge in [-0.3, -0.25) is 0 Å². The predicted molar refractivity (Wildman–Crippen MR) is 84.8 cm³/mol. The molecule has 0 aliphatic rings. The van der Waals surface area contributed by atoms with Gasteiger partial charge in [0, 0.05) is 23.5 Å². The minimum absolute atomic E-state index is 0.779. The number of aromatic nitrogens is 1. The molecule has 21 heavy (non-hydrogen) atoms. The van der Waals surface area contributed by atoms with Gasteiger partial charge in [0.25, 0.3) is 0 Å². The van der Waals surface area contributed by atoms with Crippen molar-refractivity contribution in [1.29, 1.82) is 0 Å². The molecule has 103 valence electrons. The number of ether oxygens (including phenoxy) is 1. The third-order valence-electron chi connectivity index (χ3n) is 3.15. The van der Waals surface area contributed by atoms with Crippen molar-refractivity contribution >= 4 is 11.5 Å². The Morgan fingerprint density at radius 1 is 1.05 bits per heavy atom. The van der Waals surface area contributed by atoms with Crippen molar-refractivity contribution in [3.8, 4) is 16.9 Å². The maximum Gasteiger partial charge on any atom is 0.130 e. The van der Waals surface area contributed by atoms with Crippen LogP contribution in [0.25, 0.3) is 11.1 Å². The number of methoxy groups -OCH3 is 1. The molecule has 0 aliphatic heterocycles. The number of pyridine rings is 1. The summed E-state index contributed by atoms with van der Waals surface area (Å²) in [5.74, 6) is 1.63. The number of para-hydroxylation sites is 2. The minimum Gasteiger partial charge on any atom is -0.496 e. The van der Waals surface area contributed by atoms with E-state index in [-0.39, 0.29) is 0 Å². The first-order valence-corrected chi connectivity index (χ1v) is 6.70. The van der Waals surface area contributed by atoms with Gasteiger partial charge in [0.2, 0.25) is 0 Å². The van der Waals surface area contributed by atoms with E-state index in [2.05, 4.69) is 16.4 Å². The lowest BCUT2D eigenvalue weighted by Crippen LogP contribution is -1.94. The van der Waals surface area contributed by atoms with E-state index in [1.165, 1.54) is 0 Å². The molecule has 0 bridgehead atoms. The Hall–Kier alpha value is -2.81. The van der Waals surface area contributed by atoms with Crippen LogP contribution in [0.4, 0.5) is 11.5 Å². The summed E-state index contributed by atoms with van der Waals surface area (Å²) >= 11 is 0. The first kappa shape index (κ1) is 13.2. The van der Waals surface area contributed by atoms with Crippen molar-refractivity contribution in [1.82, 2.24) is 4.98 Å². The SMILES string of the molecule is COc1ccccc1-c1ccnc(Nc2[c]cccc2)c1. The maximum atomic E-state index is 5.41. The summed E-state index contributed by atoms with van der Waals surface area (Å²) < 4.78 is 5.41. The molecule has 3 aromatic rings. The van der Waals surface area contributed by atoms with E-state index in [0.717, 1.165) is 28.4 Å². The second kappa shape index (κ2) is 6.09. The zero-order chi connectivity index (χ0) is 14.5. The molecule has 2 aromatic carbocycles. The molecule has 3 rings (SSSR count). The zero-order valence-electron chi connectivity index (χ0n) is 11.7. The molecule has 1 N–H and O–H groups in total. The van der Waals surface area contributed by atoms with Crippen molar-refractivity contribution in [3.05, 3.63) is 72.9 Å². The molecule has 0 fully saturated rings. The highest BCUT2D eigenvalue weighted by molar-refractivity contribution is 5.73. The molecule has 0 aliphatic carbocycles. The highest BCUT2D eigenvalue weighted by Gasteiger charge is 2.06. The van der Waals surface area contributed by atoms with Gasteiger partial charge in [0.1, 0.15) is 11.6 Å². The van der Waals surface area contributed by atoms with E-state index < -0.39 is 0 Å². The average molecular weight is 275 g/mol. The number of benzene rings is 2. The summed E-state index contributed by atoms with van der Waals surface area (Å²) in [5, 5.41) is 3.24. The highest BCUT2D eigenvalue weighted by atomic mass is 16.5. The predicted octanol–water partition coefficient (Wildman–Crippen LogP) is 4.30. The smallest absolute Gasteiger partial charge is 0.130 e. The lowest BCUT2D eigenvalue weighted by atomic mass is 10.1. The number of nitrogens with zero attached hydrogens (tertiary/aromatic N) is 1. The summed E-state index contributed by atoms with van der Waals surface area (Å²) in [4.78, 5) is 4.34. The first-order valence-electron chi connectivity index (χ1n) is 6.70. The monoisotopic (exact) mass is 275 g/mol. The lowest BCUT2D eigenvalue weighted by Gasteiger charge is -2.10. The van der Waals surface area contributed by atoms with E-state index in [1.807, 2.05) is 60.7 Å². The van der Waals surface area contributed by atoms with Gasteiger partial charge in [0.05, 0.1) is 7.11 Å². The van der Waals surface area contributed by atoms with E-state index in [9.17, 15) is 0 Å². The Balaban J connectivity index is 1.93. The van der Waals surface area contributed by atoms with Gasteiger partial charge in [-0.1, -0.05) is 36.4 Å². The Morgan fingerprint density at radius 3 is 2.71 bits per heavy atom. The van der Waals surface area contributed by atoms with Crippen LogP contribution in [0.5, 0.6) is 5.75 Å². The number of anilines is 2. The van der Waals surface area contributed by atoms with Crippen LogP contribution >= 0.6 is 0 Å². The van der Waals surface area contributed by atoms with Gasteiger partial charge < -0.3 is 10.1 Å². The third-order valence-corrected chi connectivity index (χ3v) is 3.15. The third kappa shape index (κ3) is 3.03. The number of nitrogens with one attached hydrogen (secondary N) is 1. The standard InChI is InChI=1S/C18H15N2O/c1-21-17-10-6-5-9-16(17)14-11-12-19-18(13-14)20-15-7-3-2-4-8-15/h2-7,9-13H,1H3,(H,19,20). The van der Waals surface area contributed by atoms with E-state index >= 15 is 0 Å². The molecular weight excluding hydrogens is 260 g/mol. The molecule has 1 heterocycles. The Kier molecular flexibility index (Phi) is 3.83. The van der Waals surface area contributed by atoms with Crippen LogP contribution in [0.2, 0.25) is 0 Å². The molecule has 0 saturated heterocycles. The van der Waals surface area contributed by atoms with Crippen LogP contribution in [0.3, 0.4) is 0 Å². The molecule has 0 amide bonds. The molecule has 1 aromatic heterocycles. The lowest BCUT2D eigenvalue weighted by molar-refractivity contribution is 0.416. The topological polar surface area (TPSA) is 34.1 Å². The molecule has 3 nitrogen and oxygen atoms in total. The van der Waals surface area contributed by atoms with Crippen LogP contribution in [0.1, 0.15) is 0 Å². The summed E-state index contributed by atoms with van der Waals surface area (Å²) in [6, 6.07) is 22.8. The van der Waals surface area contributed by atoms with Crippen LogP contribution in [0, 0.1) is 6.07 Å². The van der Waals surface area contributed by atoms with Gasteiger partial charge in [-0.25, -0.2) is 4.98 Å². The Morgan fingerprint density at radius 2 is 1.90 bits per heavy atom. The molecule has 1 radical (unpaired) electrons. The van der Waals surface area contributed by atoms with Crippen molar-refractivity contribution in [2.24, 2.45) is 0 Å². The summed E-state index contributed by atoms with van der Waals surface area (Å²) in [7, 11) is 1.68. The number of hydrogen-bond acceptors (Lipinski definition) is 3. The quantitative estimate of drug-likeness (QED) is 0.770. The van der Waals surface area contributed by atoms with Gasteiger partial charge in [-0.2, -0.15) is 0 Å². The van der Waals surface area contributed by atoms with Crippen molar-refractivity contribution in [2.45, 2.75) is 0 Å². The second-order valence-corrected chi connectivity index (χ2v) is 4.53. The summed E-state index contributed by atoms with van der Waals surface area (Å²) in [5.41, 5.74) is 2.99. The van der Waals surface area contributed by atoms with Crippen LogP contribution in [-0.2, 0) is 0 Å². The molecule has 0 saturated carbocycles. The van der Waals surface area contributed by atoms with Crippen LogP contribution in [-0.4, -0.2) is 12.1 Å². The fraction of sp³-hybridized carbons (Fsp3) is 0.0556. The summed E-state index contributed by atoms with van der Waals surface area (Å²) in [6.45, 7) is 0. The first-order chi connectivity index (χ1) is 10.4. The molecule has 0 unspecified atom stereocenters. The number of hydrogen-bond donors (Lipinski definition) is 1. The van der Waals surface area contributed by atoms with Gasteiger partial charge >= 0.3 is 0 Å². The van der Waals surface area contributed by atoms with E-state index in [1.54, 1.807) is 13.3 Å². The average Bonchev–Trinajstić information content (AvgIpc) is 2.56. The highest BCUT2D eigenvalue weighted by Crippen LogP contribution is 2.30. The van der Waals surface area contributed by atoms with Crippen LogP contribution < -0.4 is 10.1 Å².